The van der Waals surface area contributed by atoms with Crippen LogP contribution in [0.2, 0.25) is 0 Å². The molecule has 1 atom stereocenters. The van der Waals surface area contributed by atoms with Crippen LogP contribution in [0.15, 0.2) is 30.3 Å². The molecule has 0 radical (unpaired) electrons. The Bertz CT molecular complexity index is 772. The largest absolute Gasteiger partial charge is 0.466 e. The van der Waals surface area contributed by atoms with Gasteiger partial charge in [-0.15, -0.1) is 0 Å². The molecule has 0 N–H and O–H groups in total. The number of carbonyl (C=O) groups is 2. The summed E-state index contributed by atoms with van der Waals surface area (Å²) in [6.07, 6.45) is 1.59. The van der Waals surface area contributed by atoms with Crippen molar-refractivity contribution in [2.45, 2.75) is 26.7 Å². The topological polar surface area (TPSA) is 59.5 Å². The van der Waals surface area contributed by atoms with E-state index in [2.05, 4.69) is 4.98 Å². The molecule has 0 saturated carbocycles. The molecular weight excluding hydrogens is 304 g/mol. The summed E-state index contributed by atoms with van der Waals surface area (Å²) in [5.41, 5.74) is 2.29. The molecule has 3 rings (SSSR count). The van der Waals surface area contributed by atoms with Crippen molar-refractivity contribution in [2.24, 2.45) is 5.92 Å². The molecule has 1 fully saturated rings. The van der Waals surface area contributed by atoms with Gasteiger partial charge < -0.3 is 9.64 Å². The summed E-state index contributed by atoms with van der Waals surface area (Å²) in [7, 11) is 0. The predicted octanol–water partition coefficient (Wildman–Crippen LogP) is 2.96. The van der Waals surface area contributed by atoms with E-state index in [9.17, 15) is 9.59 Å². The van der Waals surface area contributed by atoms with Gasteiger partial charge in [-0.1, -0.05) is 18.2 Å². The van der Waals surface area contributed by atoms with E-state index >= 15 is 0 Å². The average Bonchev–Trinajstić information content (AvgIpc) is 2.60. The molecule has 1 unspecified atom stereocenters. The van der Waals surface area contributed by atoms with Gasteiger partial charge in [-0.3, -0.25) is 14.6 Å². The Kier molecular flexibility index (Phi) is 4.79. The third kappa shape index (κ3) is 3.25. The number of likely N-dealkylation sites (tertiary alicyclic amines) is 1. The number of rotatable bonds is 3. The van der Waals surface area contributed by atoms with Crippen LogP contribution in [0.4, 0.5) is 0 Å². The van der Waals surface area contributed by atoms with Crippen molar-refractivity contribution in [3.63, 3.8) is 0 Å². The number of pyridine rings is 1. The zero-order chi connectivity index (χ0) is 17.1. The molecule has 24 heavy (non-hydrogen) atoms. The quantitative estimate of drug-likeness (QED) is 0.814. The summed E-state index contributed by atoms with van der Waals surface area (Å²) in [6.45, 7) is 5.16. The zero-order valence-corrected chi connectivity index (χ0v) is 14.1. The number of fused-ring (bicyclic) bond motifs is 1. The lowest BCUT2D eigenvalue weighted by Crippen LogP contribution is -2.42. The molecule has 1 aromatic carbocycles. The van der Waals surface area contributed by atoms with Gasteiger partial charge in [0.25, 0.3) is 5.91 Å². The van der Waals surface area contributed by atoms with Gasteiger partial charge in [-0.25, -0.2) is 0 Å². The normalized spacial score (nSPS) is 17.8. The summed E-state index contributed by atoms with van der Waals surface area (Å²) in [5, 5.41) is 0.853. The van der Waals surface area contributed by atoms with Crippen LogP contribution in [-0.4, -0.2) is 41.5 Å². The summed E-state index contributed by atoms with van der Waals surface area (Å²) in [4.78, 5) is 31.3. The first-order chi connectivity index (χ1) is 11.6. The Labute approximate surface area is 141 Å². The van der Waals surface area contributed by atoms with Crippen LogP contribution < -0.4 is 0 Å². The highest BCUT2D eigenvalue weighted by molar-refractivity contribution is 6.06. The second-order valence-corrected chi connectivity index (χ2v) is 6.17. The monoisotopic (exact) mass is 326 g/mol. The lowest BCUT2D eigenvalue weighted by atomic mass is 9.97. The van der Waals surface area contributed by atoms with Gasteiger partial charge in [0, 0.05) is 24.2 Å². The van der Waals surface area contributed by atoms with Crippen molar-refractivity contribution in [1.82, 2.24) is 9.88 Å². The van der Waals surface area contributed by atoms with Crippen LogP contribution in [0.5, 0.6) is 0 Å². The molecule has 1 amide bonds. The number of benzene rings is 1. The van der Waals surface area contributed by atoms with Gasteiger partial charge in [0.15, 0.2) is 0 Å². The average molecular weight is 326 g/mol. The number of hydrogen-bond donors (Lipinski definition) is 0. The molecule has 1 aliphatic rings. The van der Waals surface area contributed by atoms with E-state index in [-0.39, 0.29) is 17.8 Å². The van der Waals surface area contributed by atoms with Gasteiger partial charge in [0.2, 0.25) is 0 Å². The van der Waals surface area contributed by atoms with Crippen LogP contribution in [0, 0.1) is 12.8 Å². The first-order valence-corrected chi connectivity index (χ1v) is 8.42. The van der Waals surface area contributed by atoms with Crippen molar-refractivity contribution >= 4 is 22.8 Å². The molecule has 0 aliphatic carbocycles. The van der Waals surface area contributed by atoms with Crippen LogP contribution in [0.3, 0.4) is 0 Å². The van der Waals surface area contributed by atoms with Gasteiger partial charge in [-0.05, 0) is 38.8 Å². The third-order valence-corrected chi connectivity index (χ3v) is 4.40. The van der Waals surface area contributed by atoms with Gasteiger partial charge in [0.1, 0.15) is 0 Å². The van der Waals surface area contributed by atoms with Crippen LogP contribution in [-0.2, 0) is 9.53 Å². The standard InChI is InChI=1S/C19H22N2O3/c1-3-24-19(23)14-7-6-10-21(12-14)18(22)16-11-13(2)20-17-9-5-4-8-15(16)17/h4-5,8-9,11,14H,3,6-7,10,12H2,1-2H3. The van der Waals surface area contributed by atoms with Crippen molar-refractivity contribution < 1.29 is 14.3 Å². The number of aryl methyl sites for hydroxylation is 1. The predicted molar refractivity (Wildman–Crippen MR) is 91.7 cm³/mol. The Balaban J connectivity index is 1.88. The van der Waals surface area contributed by atoms with E-state index in [1.54, 1.807) is 11.8 Å². The summed E-state index contributed by atoms with van der Waals surface area (Å²) < 4.78 is 5.12. The summed E-state index contributed by atoms with van der Waals surface area (Å²) in [6, 6.07) is 9.49. The fraction of sp³-hybridized carbons (Fsp3) is 0.421. The summed E-state index contributed by atoms with van der Waals surface area (Å²) in [5.74, 6) is -0.465. The number of piperidine rings is 1. The van der Waals surface area contributed by atoms with E-state index in [0.29, 0.717) is 25.3 Å². The molecule has 2 heterocycles. The maximum absolute atomic E-state index is 13.0. The van der Waals surface area contributed by atoms with E-state index < -0.39 is 0 Å². The number of esters is 1. The maximum Gasteiger partial charge on any atom is 0.310 e. The SMILES string of the molecule is CCOC(=O)C1CCCN(C(=O)c2cc(C)nc3ccccc23)C1. The molecule has 1 saturated heterocycles. The highest BCUT2D eigenvalue weighted by atomic mass is 16.5. The second kappa shape index (κ2) is 6.99. The second-order valence-electron chi connectivity index (χ2n) is 6.17. The van der Waals surface area contributed by atoms with Gasteiger partial charge in [-0.2, -0.15) is 0 Å². The fourth-order valence-corrected chi connectivity index (χ4v) is 3.27. The van der Waals surface area contributed by atoms with Crippen molar-refractivity contribution in [1.29, 1.82) is 0 Å². The molecule has 5 heteroatoms. The van der Waals surface area contributed by atoms with Gasteiger partial charge >= 0.3 is 5.97 Å². The first-order valence-electron chi connectivity index (χ1n) is 8.42. The molecule has 1 aromatic heterocycles. The van der Waals surface area contributed by atoms with E-state index in [0.717, 1.165) is 29.4 Å². The highest BCUT2D eigenvalue weighted by Gasteiger charge is 2.30. The highest BCUT2D eigenvalue weighted by Crippen LogP contribution is 2.24. The minimum absolute atomic E-state index is 0.0364. The molecule has 126 valence electrons. The fourth-order valence-electron chi connectivity index (χ4n) is 3.27. The minimum Gasteiger partial charge on any atom is -0.466 e. The summed E-state index contributed by atoms with van der Waals surface area (Å²) >= 11 is 0. The van der Waals surface area contributed by atoms with Crippen LogP contribution in [0.25, 0.3) is 10.9 Å². The van der Waals surface area contributed by atoms with Crippen molar-refractivity contribution in [2.75, 3.05) is 19.7 Å². The number of hydrogen-bond acceptors (Lipinski definition) is 4. The van der Waals surface area contributed by atoms with Crippen molar-refractivity contribution in [3.05, 3.63) is 41.6 Å². The molecule has 1 aliphatic heterocycles. The molecule has 2 aromatic rings. The number of aromatic nitrogens is 1. The number of ether oxygens (including phenoxy) is 1. The third-order valence-electron chi connectivity index (χ3n) is 4.40. The maximum atomic E-state index is 13.0. The number of carbonyl (C=O) groups excluding carboxylic acids is 2. The van der Waals surface area contributed by atoms with E-state index in [1.165, 1.54) is 0 Å². The Morgan fingerprint density at radius 3 is 2.92 bits per heavy atom. The minimum atomic E-state index is -0.225. The number of amides is 1. The Morgan fingerprint density at radius 2 is 2.12 bits per heavy atom. The van der Waals surface area contributed by atoms with Crippen LogP contribution >= 0.6 is 0 Å². The van der Waals surface area contributed by atoms with Crippen LogP contribution in [0.1, 0.15) is 35.8 Å². The number of nitrogens with zero attached hydrogens (tertiary/aromatic N) is 2. The number of para-hydroxylation sites is 1. The van der Waals surface area contributed by atoms with E-state index in [1.807, 2.05) is 37.3 Å². The zero-order valence-electron chi connectivity index (χ0n) is 14.1. The Morgan fingerprint density at radius 1 is 1.33 bits per heavy atom. The molecular formula is C19H22N2O3. The molecule has 0 spiro atoms. The van der Waals surface area contributed by atoms with Crippen molar-refractivity contribution in [3.8, 4) is 0 Å². The Hall–Kier alpha value is -2.43. The first kappa shape index (κ1) is 16.4. The molecule has 0 bridgehead atoms. The van der Waals surface area contributed by atoms with E-state index in [4.69, 9.17) is 4.74 Å². The smallest absolute Gasteiger partial charge is 0.310 e. The van der Waals surface area contributed by atoms with Gasteiger partial charge in [0.05, 0.1) is 23.6 Å². The lowest BCUT2D eigenvalue weighted by Gasteiger charge is -2.31. The molecule has 5 nitrogen and oxygen atoms in total. The lowest BCUT2D eigenvalue weighted by molar-refractivity contribution is -0.149.